The van der Waals surface area contributed by atoms with Crippen molar-refractivity contribution in [2.45, 2.75) is 13.5 Å². The second-order valence-corrected chi connectivity index (χ2v) is 3.46. The monoisotopic (exact) mass is 202 g/mol. The van der Waals surface area contributed by atoms with Gasteiger partial charge in [0.2, 0.25) is 0 Å². The molecule has 0 radical (unpaired) electrons. The predicted octanol–water partition coefficient (Wildman–Crippen LogP) is 1.22. The third kappa shape index (κ3) is 1.59. The van der Waals surface area contributed by atoms with Crippen molar-refractivity contribution in [1.29, 1.82) is 0 Å². The van der Waals surface area contributed by atoms with E-state index in [0.717, 1.165) is 16.8 Å². The number of nitrogen functional groups attached to an aromatic ring is 1. The summed E-state index contributed by atoms with van der Waals surface area (Å²) in [4.78, 5) is 0. The van der Waals surface area contributed by atoms with Crippen molar-refractivity contribution in [2.24, 2.45) is 5.73 Å². The molecule has 15 heavy (non-hydrogen) atoms. The SMILES string of the molecule is Cc1ccccc1-n1ncc(CN)c1N. The van der Waals surface area contributed by atoms with Gasteiger partial charge in [-0.3, -0.25) is 0 Å². The van der Waals surface area contributed by atoms with E-state index in [0.29, 0.717) is 12.4 Å². The van der Waals surface area contributed by atoms with Crippen LogP contribution in [-0.2, 0) is 6.54 Å². The molecule has 0 amide bonds. The minimum Gasteiger partial charge on any atom is -0.383 e. The van der Waals surface area contributed by atoms with Crippen molar-refractivity contribution in [3.63, 3.8) is 0 Å². The van der Waals surface area contributed by atoms with E-state index in [1.807, 2.05) is 31.2 Å². The maximum Gasteiger partial charge on any atom is 0.131 e. The Morgan fingerprint density at radius 1 is 1.33 bits per heavy atom. The van der Waals surface area contributed by atoms with Crippen LogP contribution in [-0.4, -0.2) is 9.78 Å². The van der Waals surface area contributed by atoms with E-state index in [-0.39, 0.29) is 0 Å². The topological polar surface area (TPSA) is 69.9 Å². The summed E-state index contributed by atoms with van der Waals surface area (Å²) >= 11 is 0. The molecule has 0 aliphatic heterocycles. The average Bonchev–Trinajstić information content (AvgIpc) is 2.60. The molecule has 1 heterocycles. The second-order valence-electron chi connectivity index (χ2n) is 3.46. The van der Waals surface area contributed by atoms with Gasteiger partial charge in [0, 0.05) is 12.1 Å². The molecule has 0 aliphatic carbocycles. The lowest BCUT2D eigenvalue weighted by Gasteiger charge is -2.07. The normalized spacial score (nSPS) is 10.5. The van der Waals surface area contributed by atoms with Gasteiger partial charge in [-0.2, -0.15) is 5.10 Å². The van der Waals surface area contributed by atoms with Gasteiger partial charge in [-0.15, -0.1) is 0 Å². The second kappa shape index (κ2) is 3.74. The Hall–Kier alpha value is -1.81. The molecule has 0 saturated carbocycles. The molecule has 1 aromatic carbocycles. The van der Waals surface area contributed by atoms with E-state index >= 15 is 0 Å². The molecule has 4 N–H and O–H groups in total. The van der Waals surface area contributed by atoms with E-state index in [9.17, 15) is 0 Å². The highest BCUT2D eigenvalue weighted by atomic mass is 15.3. The molecule has 4 heteroatoms. The van der Waals surface area contributed by atoms with Gasteiger partial charge in [0.1, 0.15) is 5.82 Å². The summed E-state index contributed by atoms with van der Waals surface area (Å²) in [6.45, 7) is 2.44. The van der Waals surface area contributed by atoms with Gasteiger partial charge in [-0.25, -0.2) is 4.68 Å². The number of anilines is 1. The maximum atomic E-state index is 5.94. The summed E-state index contributed by atoms with van der Waals surface area (Å²) < 4.78 is 1.72. The van der Waals surface area contributed by atoms with Crippen LogP contribution >= 0.6 is 0 Å². The molecule has 0 aliphatic rings. The fraction of sp³-hybridized carbons (Fsp3) is 0.182. The molecule has 0 spiro atoms. The van der Waals surface area contributed by atoms with Crippen LogP contribution in [0.3, 0.4) is 0 Å². The van der Waals surface area contributed by atoms with E-state index in [4.69, 9.17) is 11.5 Å². The molecule has 0 fully saturated rings. The number of nitrogens with two attached hydrogens (primary N) is 2. The Morgan fingerprint density at radius 2 is 2.07 bits per heavy atom. The van der Waals surface area contributed by atoms with Crippen molar-refractivity contribution in [3.05, 3.63) is 41.6 Å². The minimum absolute atomic E-state index is 0.414. The van der Waals surface area contributed by atoms with Crippen molar-refractivity contribution in [3.8, 4) is 5.69 Å². The number of hydrogen-bond donors (Lipinski definition) is 2. The van der Waals surface area contributed by atoms with Gasteiger partial charge >= 0.3 is 0 Å². The highest BCUT2D eigenvalue weighted by Crippen LogP contribution is 2.19. The smallest absolute Gasteiger partial charge is 0.131 e. The number of benzene rings is 1. The van der Waals surface area contributed by atoms with Gasteiger partial charge in [-0.05, 0) is 18.6 Å². The van der Waals surface area contributed by atoms with Crippen molar-refractivity contribution in [2.75, 3.05) is 5.73 Å². The van der Waals surface area contributed by atoms with Crippen LogP contribution in [0, 0.1) is 6.92 Å². The summed E-state index contributed by atoms with van der Waals surface area (Å²) in [7, 11) is 0. The van der Waals surface area contributed by atoms with E-state index in [1.165, 1.54) is 0 Å². The standard InChI is InChI=1S/C11H14N4/c1-8-4-2-3-5-10(8)15-11(13)9(6-12)7-14-15/h2-5,7H,6,12-13H2,1H3. The first-order valence-corrected chi connectivity index (χ1v) is 4.82. The first-order chi connectivity index (χ1) is 7.24. The predicted molar refractivity (Wildman–Crippen MR) is 60.6 cm³/mol. The highest BCUT2D eigenvalue weighted by Gasteiger charge is 2.08. The van der Waals surface area contributed by atoms with Crippen molar-refractivity contribution < 1.29 is 0 Å². The van der Waals surface area contributed by atoms with Gasteiger partial charge < -0.3 is 11.5 Å². The molecule has 0 bridgehead atoms. The number of hydrogen-bond acceptors (Lipinski definition) is 3. The van der Waals surface area contributed by atoms with Gasteiger partial charge in [-0.1, -0.05) is 18.2 Å². The Morgan fingerprint density at radius 3 is 2.67 bits per heavy atom. The zero-order valence-corrected chi connectivity index (χ0v) is 8.64. The van der Waals surface area contributed by atoms with E-state index < -0.39 is 0 Å². The lowest BCUT2D eigenvalue weighted by Crippen LogP contribution is -2.06. The molecule has 4 nitrogen and oxygen atoms in total. The third-order valence-corrected chi connectivity index (χ3v) is 2.45. The van der Waals surface area contributed by atoms with Gasteiger partial charge in [0.15, 0.2) is 0 Å². The fourth-order valence-corrected chi connectivity index (χ4v) is 1.54. The first-order valence-electron chi connectivity index (χ1n) is 4.82. The Bertz CT molecular complexity index is 473. The lowest BCUT2D eigenvalue weighted by atomic mass is 10.2. The van der Waals surface area contributed by atoms with Crippen LogP contribution < -0.4 is 11.5 Å². The van der Waals surface area contributed by atoms with Gasteiger partial charge in [0.05, 0.1) is 11.9 Å². The number of para-hydroxylation sites is 1. The van der Waals surface area contributed by atoms with E-state index in [2.05, 4.69) is 5.10 Å². The zero-order chi connectivity index (χ0) is 10.8. The largest absolute Gasteiger partial charge is 0.383 e. The number of nitrogens with zero attached hydrogens (tertiary/aromatic N) is 2. The van der Waals surface area contributed by atoms with Crippen LogP contribution in [0.25, 0.3) is 5.69 Å². The maximum absolute atomic E-state index is 5.94. The zero-order valence-electron chi connectivity index (χ0n) is 8.64. The molecule has 2 aromatic rings. The van der Waals surface area contributed by atoms with Crippen LogP contribution in [0.5, 0.6) is 0 Å². The van der Waals surface area contributed by atoms with Crippen LogP contribution in [0.15, 0.2) is 30.5 Å². The Kier molecular flexibility index (Phi) is 2.43. The molecule has 0 unspecified atom stereocenters. The molecule has 1 aromatic heterocycles. The molecule has 0 atom stereocenters. The molecular weight excluding hydrogens is 188 g/mol. The van der Waals surface area contributed by atoms with Gasteiger partial charge in [0.25, 0.3) is 0 Å². The number of aromatic nitrogens is 2. The van der Waals surface area contributed by atoms with Crippen molar-refractivity contribution in [1.82, 2.24) is 9.78 Å². The summed E-state index contributed by atoms with van der Waals surface area (Å²) in [6, 6.07) is 7.96. The fourth-order valence-electron chi connectivity index (χ4n) is 1.54. The first kappa shape index (κ1) is 9.73. The molecule has 2 rings (SSSR count). The van der Waals surface area contributed by atoms with Crippen LogP contribution in [0.1, 0.15) is 11.1 Å². The molecular formula is C11H14N4. The van der Waals surface area contributed by atoms with Crippen molar-refractivity contribution >= 4 is 5.82 Å². The highest BCUT2D eigenvalue weighted by molar-refractivity contribution is 5.49. The molecule has 78 valence electrons. The lowest BCUT2D eigenvalue weighted by molar-refractivity contribution is 0.883. The third-order valence-electron chi connectivity index (χ3n) is 2.45. The Balaban J connectivity index is 2.55. The quantitative estimate of drug-likeness (QED) is 0.769. The van der Waals surface area contributed by atoms with Crippen LogP contribution in [0.4, 0.5) is 5.82 Å². The van der Waals surface area contributed by atoms with E-state index in [1.54, 1.807) is 10.9 Å². The average molecular weight is 202 g/mol. The minimum atomic E-state index is 0.414. The molecule has 0 saturated heterocycles. The number of rotatable bonds is 2. The number of aryl methyl sites for hydroxylation is 1. The Labute approximate surface area is 88.5 Å². The summed E-state index contributed by atoms with van der Waals surface area (Å²) in [6.07, 6.45) is 1.71. The van der Waals surface area contributed by atoms with Crippen LogP contribution in [0.2, 0.25) is 0 Å². The summed E-state index contributed by atoms with van der Waals surface area (Å²) in [5.74, 6) is 0.617. The summed E-state index contributed by atoms with van der Waals surface area (Å²) in [5.41, 5.74) is 14.5. The summed E-state index contributed by atoms with van der Waals surface area (Å²) in [5, 5.41) is 4.23.